The number of carbonyl (C=O) groups is 1. The van der Waals surface area contributed by atoms with Gasteiger partial charge in [-0.3, -0.25) is 0 Å². The molecule has 0 bridgehead atoms. The van der Waals surface area contributed by atoms with Crippen LogP contribution in [0.15, 0.2) is 23.1 Å². The number of rotatable bonds is 4. The quantitative estimate of drug-likeness (QED) is 0.823. The van der Waals surface area contributed by atoms with Gasteiger partial charge >= 0.3 is 5.97 Å². The summed E-state index contributed by atoms with van der Waals surface area (Å²) in [5, 5.41) is 0. The van der Waals surface area contributed by atoms with Gasteiger partial charge in [-0.25, -0.2) is 13.2 Å². The van der Waals surface area contributed by atoms with Crippen LogP contribution in [-0.4, -0.2) is 44.4 Å². The van der Waals surface area contributed by atoms with E-state index < -0.39 is 16.0 Å². The van der Waals surface area contributed by atoms with Crippen LogP contribution in [0, 0.1) is 6.92 Å². The molecule has 8 heteroatoms. The van der Waals surface area contributed by atoms with Gasteiger partial charge in [0.1, 0.15) is 0 Å². The van der Waals surface area contributed by atoms with Crippen molar-refractivity contribution in [2.24, 2.45) is 5.73 Å². The first kappa shape index (κ1) is 19.9. The van der Waals surface area contributed by atoms with Crippen molar-refractivity contribution in [3.05, 3.63) is 29.3 Å². The summed E-state index contributed by atoms with van der Waals surface area (Å²) in [5.41, 5.74) is 6.72. The van der Waals surface area contributed by atoms with Crippen molar-refractivity contribution < 1.29 is 17.9 Å². The van der Waals surface area contributed by atoms with E-state index in [1.807, 2.05) is 0 Å². The molecule has 1 heterocycles. The molecule has 23 heavy (non-hydrogen) atoms. The van der Waals surface area contributed by atoms with Crippen LogP contribution in [0.1, 0.15) is 35.7 Å². The highest BCUT2D eigenvalue weighted by Gasteiger charge is 2.30. The molecule has 1 aliphatic heterocycles. The molecule has 0 aliphatic carbocycles. The second-order valence-electron chi connectivity index (χ2n) is 5.47. The molecule has 1 saturated heterocycles. The zero-order valence-corrected chi connectivity index (χ0v) is 15.0. The fourth-order valence-electron chi connectivity index (χ4n) is 2.55. The third-order valence-electron chi connectivity index (χ3n) is 3.74. The minimum absolute atomic E-state index is 0. The molecule has 0 spiro atoms. The van der Waals surface area contributed by atoms with E-state index >= 15 is 0 Å². The lowest BCUT2D eigenvalue weighted by molar-refractivity contribution is 0.0526. The van der Waals surface area contributed by atoms with Gasteiger partial charge in [0.2, 0.25) is 10.0 Å². The largest absolute Gasteiger partial charge is 0.462 e. The second kappa shape index (κ2) is 8.10. The highest BCUT2D eigenvalue weighted by atomic mass is 35.5. The highest BCUT2D eigenvalue weighted by molar-refractivity contribution is 7.89. The maximum atomic E-state index is 12.8. The van der Waals surface area contributed by atoms with Crippen LogP contribution in [0.5, 0.6) is 0 Å². The molecule has 2 N–H and O–H groups in total. The number of carbonyl (C=O) groups excluding carboxylic acids is 1. The Morgan fingerprint density at radius 3 is 2.74 bits per heavy atom. The molecular weight excluding hydrogens is 340 g/mol. The standard InChI is InChI=1S/C15H22N2O4S.ClH/c1-3-21-15(18)12-7-6-11(2)14(9-12)22(19,20)17-8-4-5-13(16)10-17;/h6-7,9,13H,3-5,8,10,16H2,1-2H3;1H. The van der Waals surface area contributed by atoms with Gasteiger partial charge in [0, 0.05) is 19.1 Å². The average molecular weight is 363 g/mol. The fraction of sp³-hybridized carbons (Fsp3) is 0.533. The first-order valence-corrected chi connectivity index (χ1v) is 8.83. The molecule has 1 unspecified atom stereocenters. The molecule has 0 saturated carbocycles. The first-order valence-electron chi connectivity index (χ1n) is 7.39. The van der Waals surface area contributed by atoms with Crippen LogP contribution in [0.3, 0.4) is 0 Å². The van der Waals surface area contributed by atoms with Crippen molar-refractivity contribution in [3.63, 3.8) is 0 Å². The Labute approximate surface area is 143 Å². The lowest BCUT2D eigenvalue weighted by Gasteiger charge is -2.30. The SMILES string of the molecule is CCOC(=O)c1ccc(C)c(S(=O)(=O)N2CCCC(N)C2)c1.Cl. The Morgan fingerprint density at radius 1 is 1.43 bits per heavy atom. The van der Waals surface area contributed by atoms with E-state index in [-0.39, 0.29) is 35.5 Å². The van der Waals surface area contributed by atoms with Crippen molar-refractivity contribution in [3.8, 4) is 0 Å². The minimum Gasteiger partial charge on any atom is -0.462 e. The third-order valence-corrected chi connectivity index (χ3v) is 5.74. The summed E-state index contributed by atoms with van der Waals surface area (Å²) in [6.45, 7) is 4.44. The molecule has 1 atom stereocenters. The summed E-state index contributed by atoms with van der Waals surface area (Å²) < 4.78 is 31.9. The van der Waals surface area contributed by atoms with Crippen LogP contribution in [0.25, 0.3) is 0 Å². The van der Waals surface area contributed by atoms with Gasteiger partial charge in [0.25, 0.3) is 0 Å². The van der Waals surface area contributed by atoms with Crippen molar-refractivity contribution in [2.45, 2.75) is 37.6 Å². The van der Waals surface area contributed by atoms with E-state index in [4.69, 9.17) is 10.5 Å². The monoisotopic (exact) mass is 362 g/mol. The van der Waals surface area contributed by atoms with E-state index in [0.717, 1.165) is 12.8 Å². The Morgan fingerprint density at radius 2 is 2.13 bits per heavy atom. The Kier molecular flexibility index (Phi) is 7.01. The van der Waals surface area contributed by atoms with Gasteiger partial charge < -0.3 is 10.5 Å². The number of benzene rings is 1. The topological polar surface area (TPSA) is 89.7 Å². The van der Waals surface area contributed by atoms with Gasteiger partial charge in [-0.2, -0.15) is 4.31 Å². The number of piperidine rings is 1. The summed E-state index contributed by atoms with van der Waals surface area (Å²) in [7, 11) is -3.65. The van der Waals surface area contributed by atoms with Crippen molar-refractivity contribution in [2.75, 3.05) is 19.7 Å². The Hall–Kier alpha value is -1.15. The van der Waals surface area contributed by atoms with E-state index in [1.54, 1.807) is 26.0 Å². The van der Waals surface area contributed by atoms with Crippen molar-refractivity contribution >= 4 is 28.4 Å². The summed E-state index contributed by atoms with van der Waals surface area (Å²) in [6.07, 6.45) is 1.57. The summed E-state index contributed by atoms with van der Waals surface area (Å²) in [6, 6.07) is 4.46. The molecule has 130 valence electrons. The number of hydrogen-bond acceptors (Lipinski definition) is 5. The van der Waals surface area contributed by atoms with E-state index in [0.29, 0.717) is 18.7 Å². The summed E-state index contributed by atoms with van der Waals surface area (Å²) >= 11 is 0. The Balaban J connectivity index is 0.00000264. The molecule has 0 aromatic heterocycles. The normalized spacial score (nSPS) is 19.0. The zero-order chi connectivity index (χ0) is 16.3. The second-order valence-corrected chi connectivity index (χ2v) is 7.37. The number of nitrogens with two attached hydrogens (primary N) is 1. The van der Waals surface area contributed by atoms with Gasteiger partial charge in [-0.05, 0) is 44.4 Å². The molecule has 1 aliphatic rings. The molecule has 2 rings (SSSR count). The van der Waals surface area contributed by atoms with Crippen LogP contribution in [0.2, 0.25) is 0 Å². The molecular formula is C15H23ClN2O4S. The van der Waals surface area contributed by atoms with Gasteiger partial charge in [0.15, 0.2) is 0 Å². The predicted octanol–water partition coefficient (Wildman–Crippen LogP) is 1.71. The minimum atomic E-state index is -3.65. The van der Waals surface area contributed by atoms with E-state index in [2.05, 4.69) is 0 Å². The van der Waals surface area contributed by atoms with Gasteiger partial charge in [-0.15, -0.1) is 12.4 Å². The lowest BCUT2D eigenvalue weighted by Crippen LogP contribution is -2.45. The molecule has 1 aromatic rings. The lowest BCUT2D eigenvalue weighted by atomic mass is 10.1. The molecule has 1 aromatic carbocycles. The zero-order valence-electron chi connectivity index (χ0n) is 13.3. The Bertz CT molecular complexity index is 663. The predicted molar refractivity (Wildman–Crippen MR) is 90.4 cm³/mol. The van der Waals surface area contributed by atoms with E-state index in [9.17, 15) is 13.2 Å². The fourth-order valence-corrected chi connectivity index (χ4v) is 4.34. The van der Waals surface area contributed by atoms with Crippen molar-refractivity contribution in [1.29, 1.82) is 0 Å². The number of nitrogens with zero attached hydrogens (tertiary/aromatic N) is 1. The van der Waals surface area contributed by atoms with Gasteiger partial charge in [0.05, 0.1) is 17.1 Å². The number of halogens is 1. The summed E-state index contributed by atoms with van der Waals surface area (Å²) in [4.78, 5) is 12.0. The van der Waals surface area contributed by atoms with Crippen molar-refractivity contribution in [1.82, 2.24) is 4.31 Å². The van der Waals surface area contributed by atoms with Gasteiger partial charge in [-0.1, -0.05) is 6.07 Å². The molecule has 0 amide bonds. The summed E-state index contributed by atoms with van der Waals surface area (Å²) in [5.74, 6) is -0.519. The number of esters is 1. The average Bonchev–Trinajstić information content (AvgIpc) is 2.47. The number of hydrogen-bond donors (Lipinski definition) is 1. The van der Waals surface area contributed by atoms with Crippen LogP contribution >= 0.6 is 12.4 Å². The number of ether oxygens (including phenoxy) is 1. The third kappa shape index (κ3) is 4.44. The maximum absolute atomic E-state index is 12.8. The molecule has 1 fully saturated rings. The number of sulfonamides is 1. The molecule has 0 radical (unpaired) electrons. The maximum Gasteiger partial charge on any atom is 0.338 e. The van der Waals surface area contributed by atoms with Crippen LogP contribution in [0.4, 0.5) is 0 Å². The first-order chi connectivity index (χ1) is 10.4. The molecule has 6 nitrogen and oxygen atoms in total. The smallest absolute Gasteiger partial charge is 0.338 e. The highest BCUT2D eigenvalue weighted by Crippen LogP contribution is 2.24. The van der Waals surface area contributed by atoms with Crippen LogP contribution < -0.4 is 5.73 Å². The number of aryl methyl sites for hydroxylation is 1. The van der Waals surface area contributed by atoms with E-state index in [1.165, 1.54) is 10.4 Å². The van der Waals surface area contributed by atoms with Crippen LogP contribution in [-0.2, 0) is 14.8 Å².